The highest BCUT2D eigenvalue weighted by Crippen LogP contribution is 2.33. The van der Waals surface area contributed by atoms with Gasteiger partial charge in [0.25, 0.3) is 5.91 Å². The van der Waals surface area contributed by atoms with Gasteiger partial charge >= 0.3 is 0 Å². The third kappa shape index (κ3) is 2.16. The van der Waals surface area contributed by atoms with Gasteiger partial charge in [-0.2, -0.15) is 5.10 Å². The van der Waals surface area contributed by atoms with Gasteiger partial charge in [0.05, 0.1) is 6.04 Å². The molecule has 1 aromatic heterocycles. The van der Waals surface area contributed by atoms with Crippen LogP contribution in [0.3, 0.4) is 0 Å². The smallest absolute Gasteiger partial charge is 0.270 e. The van der Waals surface area contributed by atoms with E-state index < -0.39 is 0 Å². The SMILES string of the molecule is CC1c2ccsc2CCN1C(=O)C1=NNC(=O)CC1. The Morgan fingerprint density at radius 2 is 2.32 bits per heavy atom. The molecular weight excluding hydrogens is 262 g/mol. The molecular formula is C13H15N3O2S. The summed E-state index contributed by atoms with van der Waals surface area (Å²) in [6.07, 6.45) is 1.68. The average molecular weight is 277 g/mol. The first-order chi connectivity index (χ1) is 9.16. The second-order valence-electron chi connectivity index (χ2n) is 4.82. The first-order valence-corrected chi connectivity index (χ1v) is 7.27. The zero-order chi connectivity index (χ0) is 13.4. The summed E-state index contributed by atoms with van der Waals surface area (Å²) in [7, 11) is 0. The maximum atomic E-state index is 12.4. The van der Waals surface area contributed by atoms with Gasteiger partial charge in [0, 0.05) is 24.3 Å². The third-order valence-corrected chi connectivity index (χ3v) is 4.69. The summed E-state index contributed by atoms with van der Waals surface area (Å²) in [5, 5.41) is 5.97. The van der Waals surface area contributed by atoms with E-state index in [2.05, 4.69) is 22.0 Å². The summed E-state index contributed by atoms with van der Waals surface area (Å²) in [5.74, 6) is -0.173. The highest BCUT2D eigenvalue weighted by molar-refractivity contribution is 7.10. The topological polar surface area (TPSA) is 61.8 Å². The van der Waals surface area contributed by atoms with Crippen molar-refractivity contribution in [2.24, 2.45) is 5.10 Å². The molecule has 0 aliphatic carbocycles. The van der Waals surface area contributed by atoms with E-state index in [0.29, 0.717) is 18.6 Å². The van der Waals surface area contributed by atoms with Crippen LogP contribution < -0.4 is 5.43 Å². The van der Waals surface area contributed by atoms with Crippen LogP contribution in [0, 0.1) is 0 Å². The van der Waals surface area contributed by atoms with Crippen molar-refractivity contribution < 1.29 is 9.59 Å². The summed E-state index contributed by atoms with van der Waals surface area (Å²) in [6.45, 7) is 2.77. The minimum absolute atomic E-state index is 0.0515. The number of carbonyl (C=O) groups excluding carboxylic acids is 2. The van der Waals surface area contributed by atoms with Crippen LogP contribution in [0.4, 0.5) is 0 Å². The highest BCUT2D eigenvalue weighted by Gasteiger charge is 2.31. The van der Waals surface area contributed by atoms with Gasteiger partial charge in [-0.1, -0.05) is 0 Å². The van der Waals surface area contributed by atoms with E-state index >= 15 is 0 Å². The van der Waals surface area contributed by atoms with E-state index in [1.165, 1.54) is 10.4 Å². The van der Waals surface area contributed by atoms with E-state index in [4.69, 9.17) is 0 Å². The standard InChI is InChI=1S/C13H15N3O2S/c1-8-9-5-7-19-11(9)4-6-16(8)13(18)10-2-3-12(17)15-14-10/h5,7-8H,2-4,6H2,1H3,(H,15,17). The van der Waals surface area contributed by atoms with Crippen LogP contribution in [0.2, 0.25) is 0 Å². The van der Waals surface area contributed by atoms with Crippen molar-refractivity contribution >= 4 is 28.9 Å². The van der Waals surface area contributed by atoms with E-state index in [9.17, 15) is 9.59 Å². The van der Waals surface area contributed by atoms with Gasteiger partial charge < -0.3 is 4.90 Å². The molecule has 0 bridgehead atoms. The van der Waals surface area contributed by atoms with Gasteiger partial charge in [-0.15, -0.1) is 11.3 Å². The molecule has 1 unspecified atom stereocenters. The molecule has 5 nitrogen and oxygen atoms in total. The van der Waals surface area contributed by atoms with Gasteiger partial charge in [0.2, 0.25) is 5.91 Å². The van der Waals surface area contributed by atoms with Crippen LogP contribution >= 0.6 is 11.3 Å². The van der Waals surface area contributed by atoms with Gasteiger partial charge in [-0.3, -0.25) is 9.59 Å². The van der Waals surface area contributed by atoms with Crippen molar-refractivity contribution in [1.82, 2.24) is 10.3 Å². The van der Waals surface area contributed by atoms with Crippen LogP contribution in [-0.2, 0) is 16.0 Å². The summed E-state index contributed by atoms with van der Waals surface area (Å²) in [5.41, 5.74) is 4.09. The van der Waals surface area contributed by atoms with Crippen LogP contribution in [0.15, 0.2) is 16.5 Å². The molecule has 0 radical (unpaired) electrons. The number of hydrogen-bond donors (Lipinski definition) is 1. The molecule has 0 saturated carbocycles. The van der Waals surface area contributed by atoms with Gasteiger partial charge in [0.1, 0.15) is 5.71 Å². The molecule has 100 valence electrons. The summed E-state index contributed by atoms with van der Waals surface area (Å²) in [4.78, 5) is 26.7. The van der Waals surface area contributed by atoms with Gasteiger partial charge in [-0.05, 0) is 30.4 Å². The van der Waals surface area contributed by atoms with Crippen molar-refractivity contribution in [3.63, 3.8) is 0 Å². The van der Waals surface area contributed by atoms with Crippen molar-refractivity contribution in [3.8, 4) is 0 Å². The fraction of sp³-hybridized carbons (Fsp3) is 0.462. The minimum atomic E-state index is -0.122. The Kier molecular flexibility index (Phi) is 3.10. The van der Waals surface area contributed by atoms with E-state index in [-0.39, 0.29) is 17.9 Å². The van der Waals surface area contributed by atoms with Crippen molar-refractivity contribution in [2.75, 3.05) is 6.54 Å². The summed E-state index contributed by atoms with van der Waals surface area (Å²) < 4.78 is 0. The molecule has 1 N–H and O–H groups in total. The quantitative estimate of drug-likeness (QED) is 0.844. The fourth-order valence-electron chi connectivity index (χ4n) is 2.58. The van der Waals surface area contributed by atoms with Crippen LogP contribution in [0.1, 0.15) is 36.2 Å². The molecule has 2 aliphatic rings. The molecule has 0 spiro atoms. The van der Waals surface area contributed by atoms with Crippen LogP contribution in [0.25, 0.3) is 0 Å². The third-order valence-electron chi connectivity index (χ3n) is 3.69. The molecule has 19 heavy (non-hydrogen) atoms. The lowest BCUT2D eigenvalue weighted by molar-refractivity contribution is -0.126. The maximum Gasteiger partial charge on any atom is 0.270 e. The zero-order valence-corrected chi connectivity index (χ0v) is 11.5. The Hall–Kier alpha value is -1.69. The number of rotatable bonds is 1. The van der Waals surface area contributed by atoms with Crippen molar-refractivity contribution in [2.45, 2.75) is 32.2 Å². The largest absolute Gasteiger partial charge is 0.330 e. The Morgan fingerprint density at radius 1 is 1.47 bits per heavy atom. The minimum Gasteiger partial charge on any atom is -0.330 e. The second kappa shape index (κ2) is 4.77. The Bertz CT molecular complexity index is 564. The predicted octanol–water partition coefficient (Wildman–Crippen LogP) is 1.46. The molecule has 2 aliphatic heterocycles. The molecule has 2 amide bonds. The number of carbonyl (C=O) groups is 2. The van der Waals surface area contributed by atoms with Gasteiger partial charge in [0.15, 0.2) is 0 Å². The Morgan fingerprint density at radius 3 is 3.05 bits per heavy atom. The number of nitrogens with one attached hydrogen (secondary N) is 1. The average Bonchev–Trinajstić information content (AvgIpc) is 2.88. The van der Waals surface area contributed by atoms with Crippen molar-refractivity contribution in [1.29, 1.82) is 0 Å². The van der Waals surface area contributed by atoms with E-state index in [1.54, 1.807) is 11.3 Å². The number of hydrazone groups is 1. The molecule has 1 aromatic rings. The first kappa shape index (κ1) is 12.3. The highest BCUT2D eigenvalue weighted by atomic mass is 32.1. The molecule has 0 saturated heterocycles. The Balaban J connectivity index is 1.80. The summed E-state index contributed by atoms with van der Waals surface area (Å²) in [6, 6.07) is 2.18. The lowest BCUT2D eigenvalue weighted by Gasteiger charge is -2.34. The Labute approximate surface area is 115 Å². The molecule has 3 rings (SSSR count). The lowest BCUT2D eigenvalue weighted by atomic mass is 10.00. The van der Waals surface area contributed by atoms with E-state index in [0.717, 1.165) is 13.0 Å². The van der Waals surface area contributed by atoms with Crippen LogP contribution in [-0.4, -0.2) is 29.0 Å². The first-order valence-electron chi connectivity index (χ1n) is 6.39. The number of fused-ring (bicyclic) bond motifs is 1. The maximum absolute atomic E-state index is 12.4. The number of nitrogens with zero attached hydrogens (tertiary/aromatic N) is 2. The summed E-state index contributed by atoms with van der Waals surface area (Å²) >= 11 is 1.75. The molecule has 3 heterocycles. The predicted molar refractivity (Wildman–Crippen MR) is 73.0 cm³/mol. The van der Waals surface area contributed by atoms with Crippen LogP contribution in [0.5, 0.6) is 0 Å². The normalized spacial score (nSPS) is 22.6. The molecule has 0 aromatic carbocycles. The molecule has 0 fully saturated rings. The number of thiophene rings is 1. The lowest BCUT2D eigenvalue weighted by Crippen LogP contribution is -2.44. The zero-order valence-electron chi connectivity index (χ0n) is 10.7. The number of hydrogen-bond acceptors (Lipinski definition) is 4. The molecule has 1 atom stereocenters. The monoisotopic (exact) mass is 277 g/mol. The fourth-order valence-corrected chi connectivity index (χ4v) is 3.54. The van der Waals surface area contributed by atoms with Crippen molar-refractivity contribution in [3.05, 3.63) is 21.9 Å². The molecule has 6 heteroatoms. The second-order valence-corrected chi connectivity index (χ2v) is 5.82. The number of amides is 2. The van der Waals surface area contributed by atoms with E-state index in [1.807, 2.05) is 11.8 Å². The van der Waals surface area contributed by atoms with Gasteiger partial charge in [-0.25, -0.2) is 5.43 Å².